The van der Waals surface area contributed by atoms with Crippen LogP contribution >= 0.6 is 11.3 Å². The summed E-state index contributed by atoms with van der Waals surface area (Å²) in [6.45, 7) is 2.67. The van der Waals surface area contributed by atoms with Crippen LogP contribution in [0.4, 0.5) is 5.13 Å². The molecule has 0 unspecified atom stereocenters. The summed E-state index contributed by atoms with van der Waals surface area (Å²) in [7, 11) is -3.51. The lowest BCUT2D eigenvalue weighted by molar-refractivity contribution is 0.101. The third kappa shape index (κ3) is 3.47. The van der Waals surface area contributed by atoms with Crippen molar-refractivity contribution in [2.75, 3.05) is 17.7 Å². The monoisotopic (exact) mass is 454 g/mol. The minimum Gasteiger partial charge on any atom is -0.494 e. The van der Waals surface area contributed by atoms with E-state index < -0.39 is 15.7 Å². The number of ether oxygens (including phenoxy) is 1. The van der Waals surface area contributed by atoms with Gasteiger partial charge in [-0.25, -0.2) is 18.4 Å². The van der Waals surface area contributed by atoms with Gasteiger partial charge >= 0.3 is 0 Å². The number of sulfone groups is 1. The lowest BCUT2D eigenvalue weighted by Gasteiger charge is -2.07. The number of imidazole rings is 1. The number of nitrogens with one attached hydrogen (secondary N) is 1. The van der Waals surface area contributed by atoms with Gasteiger partial charge in [0.05, 0.1) is 22.6 Å². The van der Waals surface area contributed by atoms with Crippen molar-refractivity contribution >= 4 is 42.4 Å². The number of rotatable bonds is 5. The van der Waals surface area contributed by atoms with E-state index in [2.05, 4.69) is 15.3 Å². The van der Waals surface area contributed by atoms with Gasteiger partial charge < -0.3 is 9.30 Å². The fourth-order valence-corrected chi connectivity index (χ4v) is 5.82. The molecule has 1 aliphatic rings. The van der Waals surface area contributed by atoms with Gasteiger partial charge in [0, 0.05) is 12.1 Å². The fourth-order valence-electron chi connectivity index (χ4n) is 3.58. The van der Waals surface area contributed by atoms with E-state index in [-0.39, 0.29) is 23.1 Å². The molecule has 0 aliphatic carbocycles. The average Bonchev–Trinajstić information content (AvgIpc) is 3.41. The van der Waals surface area contributed by atoms with E-state index in [0.717, 1.165) is 16.0 Å². The van der Waals surface area contributed by atoms with E-state index in [0.29, 0.717) is 23.0 Å². The molecule has 2 aromatic heterocycles. The van der Waals surface area contributed by atoms with Crippen LogP contribution in [0.3, 0.4) is 0 Å². The summed E-state index contributed by atoms with van der Waals surface area (Å²) in [5, 5.41) is 3.18. The molecule has 10 heteroatoms. The van der Waals surface area contributed by atoms with Crippen LogP contribution in [0.15, 0.2) is 53.7 Å². The topological polar surface area (TPSA) is 103 Å². The maximum atomic E-state index is 13.3. The molecule has 0 saturated heterocycles. The molecule has 0 bridgehead atoms. The van der Waals surface area contributed by atoms with E-state index in [4.69, 9.17) is 4.74 Å². The summed E-state index contributed by atoms with van der Waals surface area (Å²) in [6.07, 6.45) is 0. The molecule has 0 radical (unpaired) electrons. The Balaban J connectivity index is 1.54. The Labute approximate surface area is 182 Å². The third-order valence-corrected chi connectivity index (χ3v) is 7.47. The zero-order chi connectivity index (χ0) is 21.6. The molecule has 0 saturated carbocycles. The van der Waals surface area contributed by atoms with Crippen LogP contribution in [0.2, 0.25) is 0 Å². The smallest absolute Gasteiger partial charge is 0.276 e. The largest absolute Gasteiger partial charge is 0.494 e. The summed E-state index contributed by atoms with van der Waals surface area (Å²) >= 11 is 1.33. The Morgan fingerprint density at radius 2 is 2.00 bits per heavy atom. The highest BCUT2D eigenvalue weighted by Gasteiger charge is 2.35. The van der Waals surface area contributed by atoms with Crippen LogP contribution in [0, 0.1) is 0 Å². The maximum absolute atomic E-state index is 13.3. The molecule has 8 nitrogen and oxygen atoms in total. The lowest BCUT2D eigenvalue weighted by atomic mass is 10.1. The molecular formula is C21H18N4O4S2. The van der Waals surface area contributed by atoms with Gasteiger partial charge in [0.15, 0.2) is 5.13 Å². The SMILES string of the molecule is CCOc1ccc2nc(NC(=O)c3c(-c4ccccc4)nc4n3CCS4(=O)=O)sc2c1. The van der Waals surface area contributed by atoms with Gasteiger partial charge in [-0.2, -0.15) is 0 Å². The summed E-state index contributed by atoms with van der Waals surface area (Å²) < 4.78 is 32.7. The summed E-state index contributed by atoms with van der Waals surface area (Å²) in [5.41, 5.74) is 1.98. The minimum atomic E-state index is -3.51. The van der Waals surface area contributed by atoms with Crippen LogP contribution in [0.1, 0.15) is 17.4 Å². The average molecular weight is 455 g/mol. The van der Waals surface area contributed by atoms with Gasteiger partial charge in [-0.15, -0.1) is 0 Å². The summed E-state index contributed by atoms with van der Waals surface area (Å²) in [5.74, 6) is 0.229. The molecule has 5 rings (SSSR count). The number of anilines is 1. The molecular weight excluding hydrogens is 436 g/mol. The lowest BCUT2D eigenvalue weighted by Crippen LogP contribution is -2.17. The van der Waals surface area contributed by atoms with Crippen LogP contribution in [0.25, 0.3) is 21.5 Å². The Bertz CT molecular complexity index is 1410. The second kappa shape index (κ2) is 7.47. The van der Waals surface area contributed by atoms with E-state index in [1.54, 1.807) is 12.1 Å². The molecule has 1 amide bonds. The first-order valence-corrected chi connectivity index (χ1v) is 12.2. The number of carbonyl (C=O) groups is 1. The normalized spacial score (nSPS) is 14.5. The van der Waals surface area contributed by atoms with Crippen molar-refractivity contribution in [1.82, 2.24) is 14.5 Å². The van der Waals surface area contributed by atoms with Gasteiger partial charge in [-0.1, -0.05) is 41.7 Å². The van der Waals surface area contributed by atoms with Crippen molar-refractivity contribution in [1.29, 1.82) is 0 Å². The number of hydrogen-bond acceptors (Lipinski definition) is 7. The van der Waals surface area contributed by atoms with Crippen LogP contribution in [-0.2, 0) is 16.4 Å². The highest BCUT2D eigenvalue weighted by Crippen LogP contribution is 2.33. The molecule has 4 aromatic rings. The number of carbonyl (C=O) groups excluding carboxylic acids is 1. The Morgan fingerprint density at radius 1 is 1.19 bits per heavy atom. The molecule has 0 atom stereocenters. The first kappa shape index (κ1) is 19.7. The predicted octanol–water partition coefficient (Wildman–Crippen LogP) is 3.60. The number of nitrogens with zero attached hydrogens (tertiary/aromatic N) is 3. The number of hydrogen-bond donors (Lipinski definition) is 1. The molecule has 3 heterocycles. The molecule has 1 aliphatic heterocycles. The standard InChI is InChI=1S/C21H18N4O4S2/c1-2-29-14-8-9-15-16(12-14)30-20(22-15)24-19(26)18-17(13-6-4-3-5-7-13)23-21-25(18)10-11-31(21,27)28/h3-9,12H,2,10-11H2,1H3,(H,22,24,26). The quantitative estimate of drug-likeness (QED) is 0.494. The Hall–Kier alpha value is -3.24. The van der Waals surface area contributed by atoms with Crippen LogP contribution < -0.4 is 10.1 Å². The van der Waals surface area contributed by atoms with E-state index in [1.165, 1.54) is 15.9 Å². The Morgan fingerprint density at radius 3 is 2.77 bits per heavy atom. The Kier molecular flexibility index (Phi) is 4.75. The van der Waals surface area contributed by atoms with Gasteiger partial charge in [0.25, 0.3) is 5.91 Å². The van der Waals surface area contributed by atoms with Crippen LogP contribution in [-0.4, -0.2) is 41.2 Å². The molecule has 31 heavy (non-hydrogen) atoms. The third-order valence-electron chi connectivity index (χ3n) is 4.95. The van der Waals surface area contributed by atoms with E-state index in [1.807, 2.05) is 43.3 Å². The molecule has 2 aromatic carbocycles. The molecule has 158 valence electrons. The van der Waals surface area contributed by atoms with Crippen molar-refractivity contribution < 1.29 is 17.9 Å². The number of fused-ring (bicyclic) bond motifs is 2. The predicted molar refractivity (Wildman–Crippen MR) is 118 cm³/mol. The van der Waals surface area contributed by atoms with Crippen molar-refractivity contribution in [2.24, 2.45) is 0 Å². The highest BCUT2D eigenvalue weighted by atomic mass is 32.2. The number of benzene rings is 2. The second-order valence-electron chi connectivity index (χ2n) is 6.96. The van der Waals surface area contributed by atoms with Crippen molar-refractivity contribution in [3.63, 3.8) is 0 Å². The van der Waals surface area contributed by atoms with Crippen molar-refractivity contribution in [3.8, 4) is 17.0 Å². The first-order valence-electron chi connectivity index (χ1n) is 9.69. The summed E-state index contributed by atoms with van der Waals surface area (Å²) in [6, 6.07) is 14.6. The van der Waals surface area contributed by atoms with Gasteiger partial charge in [0.1, 0.15) is 17.1 Å². The minimum absolute atomic E-state index is 0.0635. The maximum Gasteiger partial charge on any atom is 0.276 e. The van der Waals surface area contributed by atoms with Gasteiger partial charge in [-0.05, 0) is 25.1 Å². The fraction of sp³-hybridized carbons (Fsp3) is 0.190. The number of thiazole rings is 1. The molecule has 0 spiro atoms. The van der Waals surface area contributed by atoms with Crippen LogP contribution in [0.5, 0.6) is 5.75 Å². The summed E-state index contributed by atoms with van der Waals surface area (Å²) in [4.78, 5) is 22.1. The molecule has 0 fully saturated rings. The number of amides is 1. The van der Waals surface area contributed by atoms with Gasteiger partial charge in [-0.3, -0.25) is 10.1 Å². The number of aromatic nitrogens is 3. The van der Waals surface area contributed by atoms with E-state index in [9.17, 15) is 13.2 Å². The molecule has 1 N–H and O–H groups in total. The first-order chi connectivity index (χ1) is 15.0. The second-order valence-corrected chi connectivity index (χ2v) is 10.00. The zero-order valence-electron chi connectivity index (χ0n) is 16.5. The van der Waals surface area contributed by atoms with Crippen molar-refractivity contribution in [2.45, 2.75) is 18.6 Å². The zero-order valence-corrected chi connectivity index (χ0v) is 18.2. The van der Waals surface area contributed by atoms with Gasteiger partial charge in [0.2, 0.25) is 15.0 Å². The van der Waals surface area contributed by atoms with Crippen molar-refractivity contribution in [3.05, 3.63) is 54.2 Å². The highest BCUT2D eigenvalue weighted by molar-refractivity contribution is 7.91. The van der Waals surface area contributed by atoms with E-state index >= 15 is 0 Å².